The Morgan fingerprint density at radius 3 is 3.08 bits per heavy atom. The first-order valence-corrected chi connectivity index (χ1v) is 3.11. The lowest BCUT2D eigenvalue weighted by molar-refractivity contribution is 0.993. The predicted octanol–water partition coefficient (Wildman–Crippen LogP) is -1.31. The Morgan fingerprint density at radius 2 is 2.25 bits per heavy atom. The van der Waals surface area contributed by atoms with Crippen molar-refractivity contribution in [3.05, 3.63) is 16.7 Å². The highest BCUT2D eigenvalue weighted by molar-refractivity contribution is 5.67. The van der Waals surface area contributed by atoms with E-state index in [-0.39, 0.29) is 22.7 Å². The number of aromatic nitrogens is 5. The summed E-state index contributed by atoms with van der Waals surface area (Å²) in [6.45, 7) is 0. The summed E-state index contributed by atoms with van der Waals surface area (Å²) in [6, 6.07) is 0. The van der Waals surface area contributed by atoms with E-state index >= 15 is 0 Å². The van der Waals surface area contributed by atoms with Crippen LogP contribution in [0.4, 0.5) is 5.95 Å². The summed E-state index contributed by atoms with van der Waals surface area (Å²) < 4.78 is 0. The topological polar surface area (TPSA) is 110 Å². The van der Waals surface area contributed by atoms with Gasteiger partial charge in [-0.3, -0.25) is 4.79 Å². The molecule has 0 aromatic carbocycles. The second-order valence-corrected chi connectivity index (χ2v) is 2.07. The van der Waals surface area contributed by atoms with Gasteiger partial charge in [0.25, 0.3) is 5.56 Å². The summed E-state index contributed by atoms with van der Waals surface area (Å²) >= 11 is 0. The Hall–Kier alpha value is -2.05. The normalized spacial score (nSPS) is 10.3. The minimum absolute atomic E-state index is 0.0407. The second-order valence-electron chi connectivity index (χ2n) is 2.07. The molecule has 60 valence electrons. The fourth-order valence-electron chi connectivity index (χ4n) is 0.793. The largest absolute Gasteiger partial charge is 0.366 e. The summed E-state index contributed by atoms with van der Waals surface area (Å²) in [4.78, 5) is 20.8. The van der Waals surface area contributed by atoms with Gasteiger partial charge in [-0.2, -0.15) is 0 Å². The lowest BCUT2D eigenvalue weighted by Crippen LogP contribution is -2.11. The molecule has 12 heavy (non-hydrogen) atoms. The standard InChI is InChI=1S/C5H4N6O/c6-5-9-2-3(10-11-5)7-1-8-4(2)12/h1H,(H2,6,9,11)(H,7,8,10,12). The second kappa shape index (κ2) is 2.22. The fraction of sp³-hybridized carbons (Fsp3) is 0. The van der Waals surface area contributed by atoms with Crippen LogP contribution in [0.2, 0.25) is 0 Å². The van der Waals surface area contributed by atoms with Crippen molar-refractivity contribution in [1.29, 1.82) is 0 Å². The summed E-state index contributed by atoms with van der Waals surface area (Å²) in [5.41, 5.74) is 5.14. The number of nitrogens with zero attached hydrogens (tertiary/aromatic N) is 4. The van der Waals surface area contributed by atoms with Crippen molar-refractivity contribution in [1.82, 2.24) is 25.1 Å². The van der Waals surface area contributed by atoms with Gasteiger partial charge in [-0.25, -0.2) is 9.97 Å². The molecule has 3 N–H and O–H groups in total. The fourth-order valence-corrected chi connectivity index (χ4v) is 0.793. The van der Waals surface area contributed by atoms with Gasteiger partial charge < -0.3 is 10.7 Å². The van der Waals surface area contributed by atoms with Gasteiger partial charge in [0.15, 0.2) is 5.52 Å². The number of H-pyrrole nitrogens is 1. The van der Waals surface area contributed by atoms with E-state index in [1.54, 1.807) is 0 Å². The minimum Gasteiger partial charge on any atom is -0.366 e. The van der Waals surface area contributed by atoms with E-state index < -0.39 is 0 Å². The Kier molecular flexibility index (Phi) is 1.23. The molecule has 2 aromatic rings. The van der Waals surface area contributed by atoms with Crippen LogP contribution in [-0.2, 0) is 0 Å². The lowest BCUT2D eigenvalue weighted by Gasteiger charge is -1.92. The highest BCUT2D eigenvalue weighted by Gasteiger charge is 2.02. The van der Waals surface area contributed by atoms with Gasteiger partial charge in [0.05, 0.1) is 6.33 Å². The van der Waals surface area contributed by atoms with Crippen molar-refractivity contribution in [2.24, 2.45) is 0 Å². The molecule has 0 aliphatic rings. The average Bonchev–Trinajstić information content (AvgIpc) is 2.07. The molecule has 0 spiro atoms. The van der Waals surface area contributed by atoms with Crippen molar-refractivity contribution in [2.45, 2.75) is 0 Å². The van der Waals surface area contributed by atoms with Crippen LogP contribution < -0.4 is 11.3 Å². The average molecular weight is 164 g/mol. The predicted molar refractivity (Wildman–Crippen MR) is 40.2 cm³/mol. The SMILES string of the molecule is Nc1nnc2nc[nH]c(=O)c2n1. The van der Waals surface area contributed by atoms with Gasteiger partial charge >= 0.3 is 0 Å². The van der Waals surface area contributed by atoms with Crippen molar-refractivity contribution >= 4 is 17.1 Å². The third-order valence-electron chi connectivity index (χ3n) is 1.28. The molecule has 0 radical (unpaired) electrons. The van der Waals surface area contributed by atoms with Gasteiger partial charge in [0, 0.05) is 0 Å². The molecule has 0 amide bonds. The smallest absolute Gasteiger partial charge is 0.279 e. The molecule has 2 heterocycles. The maximum absolute atomic E-state index is 11.0. The van der Waals surface area contributed by atoms with Crippen molar-refractivity contribution in [2.75, 3.05) is 5.73 Å². The Balaban J connectivity index is 2.98. The number of hydrogen-bond donors (Lipinski definition) is 2. The quantitative estimate of drug-likeness (QED) is 0.500. The van der Waals surface area contributed by atoms with E-state index in [1.807, 2.05) is 0 Å². The summed E-state index contributed by atoms with van der Waals surface area (Å²) in [7, 11) is 0. The molecule has 0 aliphatic heterocycles. The molecule has 0 saturated heterocycles. The summed E-state index contributed by atoms with van der Waals surface area (Å²) in [6.07, 6.45) is 1.23. The number of nitrogens with two attached hydrogens (primary N) is 1. The van der Waals surface area contributed by atoms with Crippen LogP contribution in [0.15, 0.2) is 11.1 Å². The number of hydrogen-bond acceptors (Lipinski definition) is 6. The lowest BCUT2D eigenvalue weighted by atomic mass is 10.5. The molecular formula is C5H4N6O. The van der Waals surface area contributed by atoms with Crippen LogP contribution in [0, 0.1) is 0 Å². The Bertz CT molecular complexity index is 477. The van der Waals surface area contributed by atoms with Gasteiger partial charge in [0.1, 0.15) is 0 Å². The molecule has 0 atom stereocenters. The highest BCUT2D eigenvalue weighted by Crippen LogP contribution is 1.96. The van der Waals surface area contributed by atoms with E-state index in [9.17, 15) is 4.79 Å². The number of anilines is 1. The molecule has 2 aromatic heterocycles. The van der Waals surface area contributed by atoms with Gasteiger partial charge in [-0.1, -0.05) is 0 Å². The molecule has 7 heteroatoms. The molecule has 0 bridgehead atoms. The number of nitrogen functional groups attached to an aromatic ring is 1. The van der Waals surface area contributed by atoms with Gasteiger partial charge in [-0.05, 0) is 0 Å². The van der Waals surface area contributed by atoms with Gasteiger partial charge in [-0.15, -0.1) is 10.2 Å². The molecule has 0 fully saturated rings. The molecule has 0 aliphatic carbocycles. The van der Waals surface area contributed by atoms with E-state index in [0.29, 0.717) is 0 Å². The Morgan fingerprint density at radius 1 is 1.42 bits per heavy atom. The van der Waals surface area contributed by atoms with Crippen molar-refractivity contribution in [3.8, 4) is 0 Å². The first-order chi connectivity index (χ1) is 5.77. The van der Waals surface area contributed by atoms with Crippen molar-refractivity contribution in [3.63, 3.8) is 0 Å². The van der Waals surface area contributed by atoms with E-state index in [0.717, 1.165) is 0 Å². The van der Waals surface area contributed by atoms with Crippen LogP contribution in [0.5, 0.6) is 0 Å². The molecular weight excluding hydrogens is 160 g/mol. The minimum atomic E-state index is -0.374. The molecule has 2 rings (SSSR count). The number of nitrogens with one attached hydrogen (secondary N) is 1. The third kappa shape index (κ3) is 0.875. The van der Waals surface area contributed by atoms with Crippen LogP contribution in [-0.4, -0.2) is 25.1 Å². The zero-order chi connectivity index (χ0) is 8.55. The van der Waals surface area contributed by atoms with Crippen LogP contribution in [0.3, 0.4) is 0 Å². The van der Waals surface area contributed by atoms with E-state index in [4.69, 9.17) is 5.73 Å². The monoisotopic (exact) mass is 164 g/mol. The number of rotatable bonds is 0. The third-order valence-corrected chi connectivity index (χ3v) is 1.28. The number of fused-ring (bicyclic) bond motifs is 1. The molecule has 0 unspecified atom stereocenters. The van der Waals surface area contributed by atoms with E-state index in [1.165, 1.54) is 6.33 Å². The summed E-state index contributed by atoms with van der Waals surface area (Å²) in [5, 5.41) is 7.02. The highest BCUT2D eigenvalue weighted by atomic mass is 16.1. The van der Waals surface area contributed by atoms with Crippen LogP contribution >= 0.6 is 0 Å². The molecule has 7 nitrogen and oxygen atoms in total. The first kappa shape index (κ1) is 6.65. The Labute approximate surface area is 65.7 Å². The first-order valence-electron chi connectivity index (χ1n) is 3.11. The van der Waals surface area contributed by atoms with Crippen molar-refractivity contribution < 1.29 is 0 Å². The zero-order valence-electron chi connectivity index (χ0n) is 5.85. The maximum Gasteiger partial charge on any atom is 0.279 e. The zero-order valence-corrected chi connectivity index (χ0v) is 5.85. The number of aromatic amines is 1. The van der Waals surface area contributed by atoms with Crippen LogP contribution in [0.25, 0.3) is 11.2 Å². The van der Waals surface area contributed by atoms with Gasteiger partial charge in [0.2, 0.25) is 11.6 Å². The van der Waals surface area contributed by atoms with Crippen LogP contribution in [0.1, 0.15) is 0 Å². The van der Waals surface area contributed by atoms with E-state index in [2.05, 4.69) is 25.1 Å². The molecule has 0 saturated carbocycles. The summed E-state index contributed by atoms with van der Waals surface area (Å²) in [5.74, 6) is -0.0407. The maximum atomic E-state index is 11.0.